The van der Waals surface area contributed by atoms with Gasteiger partial charge in [0.25, 0.3) is 0 Å². The van der Waals surface area contributed by atoms with E-state index in [9.17, 15) is 14.4 Å². The smallest absolute Gasteiger partial charge is 0.249 e. The predicted molar refractivity (Wildman–Crippen MR) is 52.8 cm³/mol. The molecule has 0 aromatic rings. The van der Waals surface area contributed by atoms with Crippen molar-refractivity contribution in [1.82, 2.24) is 10.2 Å². The molecular weight excluding hydrogens is 204 g/mol. The lowest BCUT2D eigenvalue weighted by Crippen LogP contribution is -2.59. The Hall–Kier alpha value is -1.04. The molecule has 1 aliphatic heterocycles. The molecule has 1 aliphatic rings. The van der Waals surface area contributed by atoms with Crippen molar-refractivity contribution in [3.8, 4) is 0 Å². The molecule has 0 bridgehead atoms. The van der Waals surface area contributed by atoms with Gasteiger partial charge < -0.3 is 4.90 Å². The quantitative estimate of drug-likeness (QED) is 0.444. The van der Waals surface area contributed by atoms with E-state index in [1.807, 2.05) is 0 Å². The maximum Gasteiger partial charge on any atom is 0.249 e. The Labute approximate surface area is 87.2 Å². The molecule has 6 heteroatoms. The second kappa shape index (κ2) is 4.00. The van der Waals surface area contributed by atoms with Gasteiger partial charge in [-0.1, -0.05) is 0 Å². The van der Waals surface area contributed by atoms with Crippen LogP contribution in [-0.4, -0.2) is 40.5 Å². The average molecular weight is 216 g/mol. The molecule has 2 atom stereocenters. The Morgan fingerprint density at radius 3 is 2.71 bits per heavy atom. The number of amides is 3. The van der Waals surface area contributed by atoms with Crippen LogP contribution in [0.15, 0.2) is 0 Å². The zero-order valence-electron chi connectivity index (χ0n) is 7.98. The minimum Gasteiger partial charge on any atom is -0.321 e. The van der Waals surface area contributed by atoms with E-state index in [2.05, 4.69) is 17.9 Å². The number of imide groups is 1. The summed E-state index contributed by atoms with van der Waals surface area (Å²) < 4.78 is 0. The number of rotatable bonds is 1. The van der Waals surface area contributed by atoms with Gasteiger partial charge in [0.2, 0.25) is 17.7 Å². The van der Waals surface area contributed by atoms with Gasteiger partial charge in [-0.05, 0) is 13.8 Å². The van der Waals surface area contributed by atoms with Crippen LogP contribution in [0.3, 0.4) is 0 Å². The molecule has 0 aromatic heterocycles. The van der Waals surface area contributed by atoms with Crippen molar-refractivity contribution >= 4 is 30.4 Å². The number of carbonyl (C=O) groups excluding carboxylic acids is 3. The van der Waals surface area contributed by atoms with Crippen molar-refractivity contribution in [1.29, 1.82) is 0 Å². The molecule has 5 nitrogen and oxygen atoms in total. The molecule has 1 N–H and O–H groups in total. The molecule has 0 aliphatic carbocycles. The van der Waals surface area contributed by atoms with Gasteiger partial charge >= 0.3 is 0 Å². The molecule has 2 unspecified atom stereocenters. The summed E-state index contributed by atoms with van der Waals surface area (Å²) in [5.74, 6) is -1.19. The van der Waals surface area contributed by atoms with Gasteiger partial charge in [0.05, 0.1) is 5.25 Å². The summed E-state index contributed by atoms with van der Waals surface area (Å²) >= 11 is 3.97. The number of piperazine rings is 1. The van der Waals surface area contributed by atoms with Crippen LogP contribution in [0.25, 0.3) is 0 Å². The van der Waals surface area contributed by atoms with Crippen molar-refractivity contribution in [2.45, 2.75) is 25.1 Å². The highest BCUT2D eigenvalue weighted by atomic mass is 32.1. The van der Waals surface area contributed by atoms with E-state index < -0.39 is 23.1 Å². The van der Waals surface area contributed by atoms with E-state index in [0.717, 1.165) is 0 Å². The molecule has 1 fully saturated rings. The standard InChI is InChI=1S/C8H12N2O3S/c1-4-7(12)9-6(11)3-10(4)8(13)5(2)14/h4-5,14H,3H2,1-2H3,(H,9,11,12). The molecule has 0 aromatic carbocycles. The van der Waals surface area contributed by atoms with Gasteiger partial charge in [0.15, 0.2) is 0 Å². The maximum absolute atomic E-state index is 11.5. The van der Waals surface area contributed by atoms with Gasteiger partial charge in [0, 0.05) is 0 Å². The van der Waals surface area contributed by atoms with Gasteiger partial charge in [-0.3, -0.25) is 19.7 Å². The number of nitrogens with zero attached hydrogens (tertiary/aromatic N) is 1. The van der Waals surface area contributed by atoms with Crippen molar-refractivity contribution < 1.29 is 14.4 Å². The first-order valence-electron chi connectivity index (χ1n) is 4.25. The molecule has 78 valence electrons. The highest BCUT2D eigenvalue weighted by Crippen LogP contribution is 2.09. The van der Waals surface area contributed by atoms with Crippen LogP contribution in [0, 0.1) is 0 Å². The third-order valence-electron chi connectivity index (χ3n) is 2.06. The van der Waals surface area contributed by atoms with E-state index in [0.29, 0.717) is 0 Å². The Kier molecular flexibility index (Phi) is 3.15. The van der Waals surface area contributed by atoms with Crippen molar-refractivity contribution in [3.63, 3.8) is 0 Å². The number of carbonyl (C=O) groups is 3. The number of nitrogens with one attached hydrogen (secondary N) is 1. The van der Waals surface area contributed by atoms with Crippen LogP contribution in [0.1, 0.15) is 13.8 Å². The molecule has 0 saturated carbocycles. The summed E-state index contributed by atoms with van der Waals surface area (Å²) in [7, 11) is 0. The second-order valence-corrected chi connectivity index (χ2v) is 4.01. The lowest BCUT2D eigenvalue weighted by atomic mass is 10.2. The summed E-state index contributed by atoms with van der Waals surface area (Å²) in [6, 6.07) is -0.602. The molecule has 0 spiro atoms. The number of hydrogen-bond acceptors (Lipinski definition) is 4. The van der Waals surface area contributed by atoms with Gasteiger partial charge in [-0.2, -0.15) is 12.6 Å². The highest BCUT2D eigenvalue weighted by molar-refractivity contribution is 7.81. The van der Waals surface area contributed by atoms with Crippen molar-refractivity contribution in [3.05, 3.63) is 0 Å². The van der Waals surface area contributed by atoms with E-state index in [1.165, 1.54) is 4.90 Å². The fraction of sp³-hybridized carbons (Fsp3) is 0.625. The van der Waals surface area contributed by atoms with E-state index in [4.69, 9.17) is 0 Å². The number of thiol groups is 1. The minimum absolute atomic E-state index is 0.0728. The molecular formula is C8H12N2O3S. The summed E-state index contributed by atoms with van der Waals surface area (Å²) in [6.45, 7) is 3.11. The zero-order chi connectivity index (χ0) is 10.9. The Bertz CT molecular complexity index is 290. The number of hydrogen-bond donors (Lipinski definition) is 2. The van der Waals surface area contributed by atoms with Gasteiger partial charge in [0.1, 0.15) is 12.6 Å². The Balaban J connectivity index is 2.81. The first kappa shape index (κ1) is 11.0. The predicted octanol–water partition coefficient (Wildman–Crippen LogP) is -0.822. The van der Waals surface area contributed by atoms with E-state index in [1.54, 1.807) is 13.8 Å². The summed E-state index contributed by atoms with van der Waals surface area (Å²) in [6.07, 6.45) is 0. The topological polar surface area (TPSA) is 66.5 Å². The van der Waals surface area contributed by atoms with Gasteiger partial charge in [-0.15, -0.1) is 0 Å². The highest BCUT2D eigenvalue weighted by Gasteiger charge is 2.34. The molecule has 1 rings (SSSR count). The van der Waals surface area contributed by atoms with Crippen LogP contribution in [0.5, 0.6) is 0 Å². The van der Waals surface area contributed by atoms with Crippen molar-refractivity contribution in [2.75, 3.05) is 6.54 Å². The fourth-order valence-electron chi connectivity index (χ4n) is 1.22. The lowest BCUT2D eigenvalue weighted by Gasteiger charge is -2.32. The van der Waals surface area contributed by atoms with E-state index >= 15 is 0 Å². The first-order chi connectivity index (χ1) is 6.43. The third kappa shape index (κ3) is 2.06. The minimum atomic E-state index is -0.602. The molecule has 1 heterocycles. The van der Waals surface area contributed by atoms with Crippen LogP contribution in [-0.2, 0) is 14.4 Å². The first-order valence-corrected chi connectivity index (χ1v) is 4.77. The van der Waals surface area contributed by atoms with Crippen LogP contribution < -0.4 is 5.32 Å². The lowest BCUT2D eigenvalue weighted by molar-refractivity contribution is -0.148. The van der Waals surface area contributed by atoms with Crippen LogP contribution >= 0.6 is 12.6 Å². The Morgan fingerprint density at radius 2 is 2.21 bits per heavy atom. The average Bonchev–Trinajstić information content (AvgIpc) is 2.09. The fourth-order valence-corrected chi connectivity index (χ4v) is 1.37. The summed E-state index contributed by atoms with van der Waals surface area (Å²) in [4.78, 5) is 34.9. The summed E-state index contributed by atoms with van der Waals surface area (Å²) in [5.41, 5.74) is 0. The van der Waals surface area contributed by atoms with Crippen LogP contribution in [0.2, 0.25) is 0 Å². The maximum atomic E-state index is 11.5. The molecule has 0 radical (unpaired) electrons. The molecule has 3 amide bonds. The molecule has 14 heavy (non-hydrogen) atoms. The SMILES string of the molecule is CC(S)C(=O)N1CC(=O)NC(=O)C1C. The Morgan fingerprint density at radius 1 is 1.64 bits per heavy atom. The summed E-state index contributed by atoms with van der Waals surface area (Å²) in [5, 5.41) is 1.65. The third-order valence-corrected chi connectivity index (χ3v) is 2.28. The largest absolute Gasteiger partial charge is 0.321 e. The van der Waals surface area contributed by atoms with Crippen LogP contribution in [0.4, 0.5) is 0 Å². The van der Waals surface area contributed by atoms with E-state index in [-0.39, 0.29) is 12.5 Å². The zero-order valence-corrected chi connectivity index (χ0v) is 8.88. The molecule has 1 saturated heterocycles. The monoisotopic (exact) mass is 216 g/mol. The van der Waals surface area contributed by atoms with Gasteiger partial charge in [-0.25, -0.2) is 0 Å². The normalized spacial score (nSPS) is 24.5. The second-order valence-electron chi connectivity index (χ2n) is 3.23. The van der Waals surface area contributed by atoms with Crippen molar-refractivity contribution in [2.24, 2.45) is 0 Å².